The van der Waals surface area contributed by atoms with Gasteiger partial charge in [0.05, 0.1) is 5.56 Å². The number of hydrogen-bond acceptors (Lipinski definition) is 4. The molecule has 2 heterocycles. The first-order chi connectivity index (χ1) is 13.1. The third-order valence-corrected chi connectivity index (χ3v) is 5.58. The van der Waals surface area contributed by atoms with Crippen molar-refractivity contribution in [3.63, 3.8) is 0 Å². The third-order valence-electron chi connectivity index (χ3n) is 5.58. The fourth-order valence-electron chi connectivity index (χ4n) is 3.89. The largest absolute Gasteiger partial charge is 0.433 e. The van der Waals surface area contributed by atoms with E-state index in [4.69, 9.17) is 4.74 Å². The van der Waals surface area contributed by atoms with Crippen LogP contribution in [0.3, 0.4) is 0 Å². The van der Waals surface area contributed by atoms with Gasteiger partial charge in [-0.15, -0.1) is 0 Å². The molecule has 0 bridgehead atoms. The third kappa shape index (κ3) is 3.99. The van der Waals surface area contributed by atoms with Crippen molar-refractivity contribution in [2.45, 2.75) is 64.6 Å². The van der Waals surface area contributed by atoms with Gasteiger partial charge in [-0.1, -0.05) is 51.3 Å². The van der Waals surface area contributed by atoms with E-state index in [-0.39, 0.29) is 11.8 Å². The van der Waals surface area contributed by atoms with Gasteiger partial charge in [0.2, 0.25) is 18.0 Å². The molecular formula is C21H28N2O4. The Balaban J connectivity index is 1.70. The van der Waals surface area contributed by atoms with Gasteiger partial charge in [-0.05, 0) is 24.8 Å². The average Bonchev–Trinajstić information content (AvgIpc) is 3.22. The molecule has 1 saturated heterocycles. The van der Waals surface area contributed by atoms with Gasteiger partial charge in [0.25, 0.3) is 0 Å². The van der Waals surface area contributed by atoms with Crippen LogP contribution in [-0.4, -0.2) is 35.3 Å². The standard InChI is InChI=1S/C21H28N2O4/c1-3-5-8-14(4-2)13-22-19(25)17-11-12-18(24)23(17)20-15-9-6-7-10-16(15)21(26)27-20/h6-7,9-10,14,17,20H,3-5,8,11-13H2,1-2H3,(H,22,25)/t14-,17-,20+/m0/s1. The molecule has 2 aliphatic heterocycles. The lowest BCUT2D eigenvalue weighted by molar-refractivity contribution is -0.145. The molecule has 1 N–H and O–H groups in total. The number of likely N-dealkylation sites (tertiary alicyclic amines) is 1. The maximum Gasteiger partial charge on any atom is 0.340 e. The number of carbonyl (C=O) groups excluding carboxylic acids is 3. The van der Waals surface area contributed by atoms with Crippen LogP contribution in [0.2, 0.25) is 0 Å². The molecule has 2 amide bonds. The number of ether oxygens (including phenoxy) is 1. The van der Waals surface area contributed by atoms with Crippen LogP contribution in [0.5, 0.6) is 0 Å². The van der Waals surface area contributed by atoms with Crippen LogP contribution in [0.1, 0.15) is 74.5 Å². The number of nitrogens with zero attached hydrogens (tertiary/aromatic N) is 1. The van der Waals surface area contributed by atoms with E-state index in [9.17, 15) is 14.4 Å². The Morgan fingerprint density at radius 3 is 2.81 bits per heavy atom. The average molecular weight is 372 g/mol. The minimum absolute atomic E-state index is 0.150. The van der Waals surface area contributed by atoms with Crippen molar-refractivity contribution < 1.29 is 19.1 Å². The van der Waals surface area contributed by atoms with Gasteiger partial charge in [0.15, 0.2) is 0 Å². The van der Waals surface area contributed by atoms with E-state index in [1.54, 1.807) is 18.2 Å². The number of cyclic esters (lactones) is 1. The highest BCUT2D eigenvalue weighted by Crippen LogP contribution is 2.38. The molecule has 27 heavy (non-hydrogen) atoms. The predicted octanol–water partition coefficient (Wildman–Crippen LogP) is 3.18. The number of nitrogens with one attached hydrogen (secondary N) is 1. The molecule has 1 aromatic carbocycles. The SMILES string of the molecule is CCCC[C@H](CC)CNC(=O)[C@@H]1CCC(=O)N1[C@@H]1OC(=O)c2ccccc21. The molecule has 0 aromatic heterocycles. The molecule has 0 spiro atoms. The Morgan fingerprint density at radius 1 is 1.30 bits per heavy atom. The fourth-order valence-corrected chi connectivity index (χ4v) is 3.89. The Morgan fingerprint density at radius 2 is 2.07 bits per heavy atom. The summed E-state index contributed by atoms with van der Waals surface area (Å²) in [4.78, 5) is 38.8. The molecule has 0 unspecified atom stereocenters. The van der Waals surface area contributed by atoms with Crippen molar-refractivity contribution in [3.8, 4) is 0 Å². The number of benzene rings is 1. The van der Waals surface area contributed by atoms with Gasteiger partial charge in [-0.2, -0.15) is 0 Å². The summed E-state index contributed by atoms with van der Waals surface area (Å²) in [6.45, 7) is 4.91. The van der Waals surface area contributed by atoms with Crippen molar-refractivity contribution in [3.05, 3.63) is 35.4 Å². The van der Waals surface area contributed by atoms with Crippen molar-refractivity contribution in [1.82, 2.24) is 10.2 Å². The zero-order valence-electron chi connectivity index (χ0n) is 16.1. The molecule has 1 fully saturated rings. The summed E-state index contributed by atoms with van der Waals surface area (Å²) < 4.78 is 5.45. The maximum absolute atomic E-state index is 12.8. The first kappa shape index (κ1) is 19.4. The van der Waals surface area contributed by atoms with Crippen molar-refractivity contribution >= 4 is 17.8 Å². The van der Waals surface area contributed by atoms with Gasteiger partial charge in [-0.25, -0.2) is 4.79 Å². The molecule has 6 heteroatoms. The number of amides is 2. The Bertz CT molecular complexity index is 718. The molecule has 1 aromatic rings. The summed E-state index contributed by atoms with van der Waals surface area (Å²) in [5, 5.41) is 3.02. The van der Waals surface area contributed by atoms with Crippen LogP contribution >= 0.6 is 0 Å². The maximum atomic E-state index is 12.8. The van der Waals surface area contributed by atoms with E-state index in [1.165, 1.54) is 4.90 Å². The van der Waals surface area contributed by atoms with Gasteiger partial charge >= 0.3 is 5.97 Å². The fraction of sp³-hybridized carbons (Fsp3) is 0.571. The molecule has 0 saturated carbocycles. The number of carbonyl (C=O) groups is 3. The van der Waals surface area contributed by atoms with Crippen LogP contribution in [-0.2, 0) is 14.3 Å². The van der Waals surface area contributed by atoms with E-state index >= 15 is 0 Å². The highest BCUT2D eigenvalue weighted by molar-refractivity contribution is 5.96. The minimum atomic E-state index is -0.804. The molecular weight excluding hydrogens is 344 g/mol. The van der Waals surface area contributed by atoms with Crippen LogP contribution in [0.4, 0.5) is 0 Å². The Labute approximate surface area is 160 Å². The quantitative estimate of drug-likeness (QED) is 0.711. The molecule has 0 radical (unpaired) electrons. The monoisotopic (exact) mass is 372 g/mol. The number of fused-ring (bicyclic) bond motifs is 1. The normalized spacial score (nSPS) is 22.5. The summed E-state index contributed by atoms with van der Waals surface area (Å²) in [6.07, 6.45) is 4.34. The Hall–Kier alpha value is -2.37. The summed E-state index contributed by atoms with van der Waals surface area (Å²) in [6, 6.07) is 6.45. The molecule has 0 aliphatic carbocycles. The van der Waals surface area contributed by atoms with Crippen LogP contribution in [0.25, 0.3) is 0 Å². The lowest BCUT2D eigenvalue weighted by Gasteiger charge is -2.29. The highest BCUT2D eigenvalue weighted by atomic mass is 16.6. The Kier molecular flexibility index (Phi) is 6.14. The molecule has 146 valence electrons. The molecule has 2 aliphatic rings. The minimum Gasteiger partial charge on any atom is -0.433 e. The van der Waals surface area contributed by atoms with E-state index < -0.39 is 18.2 Å². The summed E-state index contributed by atoms with van der Waals surface area (Å²) >= 11 is 0. The highest BCUT2D eigenvalue weighted by Gasteiger charge is 2.46. The number of unbranched alkanes of at least 4 members (excludes halogenated alkanes) is 1. The molecule has 3 rings (SSSR count). The smallest absolute Gasteiger partial charge is 0.340 e. The van der Waals surface area contributed by atoms with Gasteiger partial charge in [-0.3, -0.25) is 14.5 Å². The predicted molar refractivity (Wildman–Crippen MR) is 101 cm³/mol. The second kappa shape index (κ2) is 8.55. The number of esters is 1. The zero-order chi connectivity index (χ0) is 19.4. The van der Waals surface area contributed by atoms with Crippen molar-refractivity contribution in [2.75, 3.05) is 6.54 Å². The van der Waals surface area contributed by atoms with Crippen molar-refractivity contribution in [2.24, 2.45) is 5.92 Å². The summed E-state index contributed by atoms with van der Waals surface area (Å²) in [7, 11) is 0. The first-order valence-corrected chi connectivity index (χ1v) is 9.95. The molecule has 6 nitrogen and oxygen atoms in total. The number of hydrogen-bond donors (Lipinski definition) is 1. The van der Waals surface area contributed by atoms with Gasteiger partial charge < -0.3 is 10.1 Å². The lowest BCUT2D eigenvalue weighted by atomic mass is 9.99. The van der Waals surface area contributed by atoms with E-state index in [1.807, 2.05) is 6.07 Å². The van der Waals surface area contributed by atoms with Gasteiger partial charge in [0, 0.05) is 18.5 Å². The van der Waals surface area contributed by atoms with Crippen LogP contribution in [0.15, 0.2) is 24.3 Å². The van der Waals surface area contributed by atoms with E-state index in [2.05, 4.69) is 19.2 Å². The van der Waals surface area contributed by atoms with Gasteiger partial charge in [0.1, 0.15) is 6.04 Å². The zero-order valence-corrected chi connectivity index (χ0v) is 16.1. The summed E-state index contributed by atoms with van der Waals surface area (Å²) in [5.41, 5.74) is 1.12. The molecule has 3 atom stereocenters. The van der Waals surface area contributed by atoms with Crippen molar-refractivity contribution in [1.29, 1.82) is 0 Å². The topological polar surface area (TPSA) is 75.7 Å². The van der Waals surface area contributed by atoms with E-state index in [0.717, 1.165) is 25.7 Å². The van der Waals surface area contributed by atoms with E-state index in [0.29, 0.717) is 36.4 Å². The number of rotatable bonds is 8. The van der Waals surface area contributed by atoms with Crippen LogP contribution < -0.4 is 5.32 Å². The second-order valence-corrected chi connectivity index (χ2v) is 7.36. The second-order valence-electron chi connectivity index (χ2n) is 7.36. The van der Waals surface area contributed by atoms with Crippen LogP contribution in [0, 0.1) is 5.92 Å². The first-order valence-electron chi connectivity index (χ1n) is 9.95. The lowest BCUT2D eigenvalue weighted by Crippen LogP contribution is -2.47. The summed E-state index contributed by atoms with van der Waals surface area (Å²) in [5.74, 6) is -0.302.